The van der Waals surface area contributed by atoms with Gasteiger partial charge in [0.25, 0.3) is 5.91 Å². The lowest BCUT2D eigenvalue weighted by Gasteiger charge is -2.28. The molecular weight excluding hydrogens is 274 g/mol. The monoisotopic (exact) mass is 303 g/mol. The molecule has 0 aliphatic carbocycles. The van der Waals surface area contributed by atoms with Crippen molar-refractivity contribution >= 4 is 5.91 Å². The number of likely N-dealkylation sites (tertiary alicyclic amines) is 1. The van der Waals surface area contributed by atoms with E-state index in [4.69, 9.17) is 0 Å². The standard InChI is InChI=1S/C18H29N3O/c1-19-11-8-16-5-3-4-6-17(16)18(22)20-12-7-15-9-13-21(2)14-10-15/h3-6,15,19H,7-14H2,1-2H3,(H,20,22). The van der Waals surface area contributed by atoms with Crippen LogP contribution in [0, 0.1) is 5.92 Å². The summed E-state index contributed by atoms with van der Waals surface area (Å²) in [5, 5.41) is 6.24. The van der Waals surface area contributed by atoms with E-state index in [1.54, 1.807) is 0 Å². The summed E-state index contributed by atoms with van der Waals surface area (Å²) >= 11 is 0. The number of rotatable bonds is 7. The smallest absolute Gasteiger partial charge is 0.251 e. The highest BCUT2D eigenvalue weighted by Crippen LogP contribution is 2.18. The molecule has 1 saturated heterocycles. The average molecular weight is 303 g/mol. The summed E-state index contributed by atoms with van der Waals surface area (Å²) < 4.78 is 0. The van der Waals surface area contributed by atoms with Gasteiger partial charge in [-0.15, -0.1) is 0 Å². The lowest BCUT2D eigenvalue weighted by molar-refractivity contribution is 0.0948. The number of nitrogens with zero attached hydrogens (tertiary/aromatic N) is 1. The Balaban J connectivity index is 1.79. The van der Waals surface area contributed by atoms with Crippen molar-refractivity contribution in [3.8, 4) is 0 Å². The first-order valence-electron chi connectivity index (χ1n) is 8.40. The Labute approximate surface area is 134 Å². The number of amides is 1. The van der Waals surface area contributed by atoms with E-state index in [1.807, 2.05) is 31.3 Å². The lowest BCUT2D eigenvalue weighted by atomic mass is 9.94. The van der Waals surface area contributed by atoms with E-state index in [0.717, 1.165) is 43.0 Å². The van der Waals surface area contributed by atoms with Gasteiger partial charge >= 0.3 is 0 Å². The second-order valence-corrected chi connectivity index (χ2v) is 6.30. The van der Waals surface area contributed by atoms with Crippen molar-refractivity contribution in [3.05, 3.63) is 35.4 Å². The molecule has 1 aromatic rings. The number of piperidine rings is 1. The van der Waals surface area contributed by atoms with Gasteiger partial charge in [-0.25, -0.2) is 0 Å². The highest BCUT2D eigenvalue weighted by molar-refractivity contribution is 5.95. The first-order valence-corrected chi connectivity index (χ1v) is 8.40. The number of carbonyl (C=O) groups is 1. The molecule has 2 rings (SSSR count). The Morgan fingerprint density at radius 2 is 1.95 bits per heavy atom. The predicted octanol–water partition coefficient (Wildman–Crippen LogP) is 1.91. The Morgan fingerprint density at radius 3 is 2.68 bits per heavy atom. The average Bonchev–Trinajstić information content (AvgIpc) is 2.55. The largest absolute Gasteiger partial charge is 0.352 e. The second-order valence-electron chi connectivity index (χ2n) is 6.30. The summed E-state index contributed by atoms with van der Waals surface area (Å²) in [6.45, 7) is 4.05. The number of hydrogen-bond acceptors (Lipinski definition) is 3. The van der Waals surface area contributed by atoms with Gasteiger partial charge in [0.15, 0.2) is 0 Å². The minimum Gasteiger partial charge on any atom is -0.352 e. The van der Waals surface area contributed by atoms with Crippen molar-refractivity contribution in [2.24, 2.45) is 5.92 Å². The molecule has 4 heteroatoms. The zero-order valence-electron chi connectivity index (χ0n) is 13.9. The van der Waals surface area contributed by atoms with Crippen molar-refractivity contribution < 1.29 is 4.79 Å². The number of carbonyl (C=O) groups excluding carboxylic acids is 1. The Hall–Kier alpha value is -1.39. The summed E-state index contributed by atoms with van der Waals surface area (Å²) in [5.41, 5.74) is 1.94. The van der Waals surface area contributed by atoms with Crippen molar-refractivity contribution in [3.63, 3.8) is 0 Å². The molecule has 122 valence electrons. The van der Waals surface area contributed by atoms with E-state index in [0.29, 0.717) is 0 Å². The molecule has 1 amide bonds. The molecule has 0 radical (unpaired) electrons. The van der Waals surface area contributed by atoms with E-state index < -0.39 is 0 Å². The number of likely N-dealkylation sites (N-methyl/N-ethyl adjacent to an activating group) is 1. The zero-order chi connectivity index (χ0) is 15.8. The van der Waals surface area contributed by atoms with Crippen molar-refractivity contribution in [2.45, 2.75) is 25.7 Å². The predicted molar refractivity (Wildman–Crippen MR) is 91.2 cm³/mol. The van der Waals surface area contributed by atoms with Gasteiger partial charge in [0, 0.05) is 12.1 Å². The number of hydrogen-bond donors (Lipinski definition) is 2. The summed E-state index contributed by atoms with van der Waals surface area (Å²) in [6.07, 6.45) is 4.49. The van der Waals surface area contributed by atoms with Gasteiger partial charge in [0.05, 0.1) is 0 Å². The maximum Gasteiger partial charge on any atom is 0.251 e. The zero-order valence-corrected chi connectivity index (χ0v) is 13.9. The van der Waals surface area contributed by atoms with Crippen molar-refractivity contribution in [1.82, 2.24) is 15.5 Å². The van der Waals surface area contributed by atoms with Crippen LogP contribution in [0.4, 0.5) is 0 Å². The third-order valence-corrected chi connectivity index (χ3v) is 4.58. The van der Waals surface area contributed by atoms with Crippen LogP contribution in [-0.2, 0) is 6.42 Å². The number of nitrogens with one attached hydrogen (secondary N) is 2. The van der Waals surface area contributed by atoms with Gasteiger partial charge in [-0.3, -0.25) is 4.79 Å². The quantitative estimate of drug-likeness (QED) is 0.809. The Bertz CT molecular complexity index is 467. The molecule has 0 aromatic heterocycles. The fraction of sp³-hybridized carbons (Fsp3) is 0.611. The molecule has 4 nitrogen and oxygen atoms in total. The van der Waals surface area contributed by atoms with Gasteiger partial charge in [-0.2, -0.15) is 0 Å². The maximum absolute atomic E-state index is 12.4. The SMILES string of the molecule is CNCCc1ccccc1C(=O)NCCC1CCN(C)CC1. The first kappa shape index (κ1) is 17.0. The van der Waals surface area contributed by atoms with Gasteiger partial charge in [-0.1, -0.05) is 18.2 Å². The lowest BCUT2D eigenvalue weighted by Crippen LogP contribution is -2.33. The van der Waals surface area contributed by atoms with Crippen LogP contribution in [-0.4, -0.2) is 51.1 Å². The minimum atomic E-state index is 0.0691. The van der Waals surface area contributed by atoms with Gasteiger partial charge in [0.1, 0.15) is 0 Å². The Kier molecular flexibility index (Phi) is 6.87. The van der Waals surface area contributed by atoms with Crippen LogP contribution in [0.1, 0.15) is 35.2 Å². The van der Waals surface area contributed by atoms with E-state index in [1.165, 1.54) is 25.9 Å². The topological polar surface area (TPSA) is 44.4 Å². The molecule has 1 aliphatic heterocycles. The van der Waals surface area contributed by atoms with Crippen LogP contribution in [0.3, 0.4) is 0 Å². The van der Waals surface area contributed by atoms with Crippen LogP contribution >= 0.6 is 0 Å². The highest BCUT2D eigenvalue weighted by Gasteiger charge is 2.17. The van der Waals surface area contributed by atoms with Crippen LogP contribution in [0.5, 0.6) is 0 Å². The molecule has 0 bridgehead atoms. The van der Waals surface area contributed by atoms with Gasteiger partial charge in [0.2, 0.25) is 0 Å². The van der Waals surface area contributed by atoms with Crippen LogP contribution in [0.2, 0.25) is 0 Å². The summed E-state index contributed by atoms with van der Waals surface area (Å²) in [6, 6.07) is 7.91. The van der Waals surface area contributed by atoms with Crippen LogP contribution < -0.4 is 10.6 Å². The molecule has 1 aromatic carbocycles. The molecule has 0 atom stereocenters. The maximum atomic E-state index is 12.4. The van der Waals surface area contributed by atoms with E-state index in [9.17, 15) is 4.79 Å². The second kappa shape index (κ2) is 8.91. The van der Waals surface area contributed by atoms with Crippen molar-refractivity contribution in [2.75, 3.05) is 40.3 Å². The summed E-state index contributed by atoms with van der Waals surface area (Å²) in [5.74, 6) is 0.829. The Morgan fingerprint density at radius 1 is 1.23 bits per heavy atom. The van der Waals surface area contributed by atoms with Crippen LogP contribution in [0.25, 0.3) is 0 Å². The molecule has 2 N–H and O–H groups in total. The summed E-state index contributed by atoms with van der Waals surface area (Å²) in [4.78, 5) is 14.8. The molecule has 22 heavy (non-hydrogen) atoms. The fourth-order valence-electron chi connectivity index (χ4n) is 3.06. The molecule has 0 spiro atoms. The number of benzene rings is 1. The molecule has 0 saturated carbocycles. The summed E-state index contributed by atoms with van der Waals surface area (Å²) in [7, 11) is 4.12. The minimum absolute atomic E-state index is 0.0691. The highest BCUT2D eigenvalue weighted by atomic mass is 16.1. The third kappa shape index (κ3) is 5.11. The molecular formula is C18H29N3O. The fourth-order valence-corrected chi connectivity index (χ4v) is 3.06. The van der Waals surface area contributed by atoms with Crippen LogP contribution in [0.15, 0.2) is 24.3 Å². The third-order valence-electron chi connectivity index (χ3n) is 4.58. The van der Waals surface area contributed by atoms with E-state index >= 15 is 0 Å². The van der Waals surface area contributed by atoms with E-state index in [2.05, 4.69) is 22.6 Å². The molecule has 0 unspecified atom stereocenters. The molecule has 1 fully saturated rings. The van der Waals surface area contributed by atoms with Crippen molar-refractivity contribution in [1.29, 1.82) is 0 Å². The molecule has 1 heterocycles. The molecule has 1 aliphatic rings. The van der Waals surface area contributed by atoms with Gasteiger partial charge in [-0.05, 0) is 77.0 Å². The van der Waals surface area contributed by atoms with Gasteiger partial charge < -0.3 is 15.5 Å². The normalized spacial score (nSPS) is 16.6. The van der Waals surface area contributed by atoms with E-state index in [-0.39, 0.29) is 5.91 Å². The first-order chi connectivity index (χ1) is 10.7.